The summed E-state index contributed by atoms with van der Waals surface area (Å²) in [4.78, 5) is 18.3. The molecule has 3 nitrogen and oxygen atoms in total. The summed E-state index contributed by atoms with van der Waals surface area (Å²) in [7, 11) is 0. The predicted octanol–water partition coefficient (Wildman–Crippen LogP) is 5.30. The number of amides is 1. The highest BCUT2D eigenvalue weighted by molar-refractivity contribution is 8.00. The van der Waals surface area contributed by atoms with Crippen LogP contribution in [0.4, 0.5) is 0 Å². The van der Waals surface area contributed by atoms with Crippen molar-refractivity contribution in [3.8, 4) is 0 Å². The van der Waals surface area contributed by atoms with E-state index in [1.54, 1.807) is 11.3 Å². The number of likely N-dealkylation sites (tertiary alicyclic amines) is 1. The van der Waals surface area contributed by atoms with Gasteiger partial charge in [0.25, 0.3) is 5.91 Å². The van der Waals surface area contributed by atoms with Gasteiger partial charge >= 0.3 is 0 Å². The van der Waals surface area contributed by atoms with Crippen LogP contribution in [-0.4, -0.2) is 35.8 Å². The van der Waals surface area contributed by atoms with Crippen LogP contribution in [0, 0.1) is 6.92 Å². The van der Waals surface area contributed by atoms with E-state index in [1.807, 2.05) is 22.7 Å². The van der Waals surface area contributed by atoms with Gasteiger partial charge in [0.2, 0.25) is 0 Å². The Hall–Kier alpha value is -1.30. The van der Waals surface area contributed by atoms with Gasteiger partial charge in [-0.05, 0) is 56.9 Å². The lowest BCUT2D eigenvalue weighted by molar-refractivity contribution is 0.0732. The van der Waals surface area contributed by atoms with E-state index in [0.717, 1.165) is 50.3 Å². The monoisotopic (exact) mass is 387 g/mol. The molecule has 2 aliphatic heterocycles. The normalized spacial score (nSPS) is 21.3. The third kappa shape index (κ3) is 4.16. The fourth-order valence-corrected chi connectivity index (χ4v) is 5.96. The zero-order valence-electron chi connectivity index (χ0n) is 15.1. The molecule has 2 aliphatic rings. The average Bonchev–Trinajstić information content (AvgIpc) is 3.33. The Labute approximate surface area is 163 Å². The maximum absolute atomic E-state index is 12.8. The van der Waals surface area contributed by atoms with Crippen molar-refractivity contribution in [3.05, 3.63) is 51.7 Å². The van der Waals surface area contributed by atoms with Crippen LogP contribution in [0.5, 0.6) is 0 Å². The van der Waals surface area contributed by atoms with E-state index in [4.69, 9.17) is 4.74 Å². The van der Waals surface area contributed by atoms with Gasteiger partial charge in [-0.2, -0.15) is 0 Å². The van der Waals surface area contributed by atoms with E-state index >= 15 is 0 Å². The quantitative estimate of drug-likeness (QED) is 0.712. The molecule has 2 saturated heterocycles. The van der Waals surface area contributed by atoms with Gasteiger partial charge in [-0.1, -0.05) is 17.7 Å². The first kappa shape index (κ1) is 18.1. The lowest BCUT2D eigenvalue weighted by Gasteiger charge is -2.31. The van der Waals surface area contributed by atoms with Gasteiger partial charge in [0.05, 0.1) is 11.0 Å². The first-order valence-electron chi connectivity index (χ1n) is 9.43. The Morgan fingerprint density at radius 1 is 1.19 bits per heavy atom. The molecule has 1 unspecified atom stereocenters. The molecule has 0 saturated carbocycles. The molecule has 1 aromatic heterocycles. The first-order chi connectivity index (χ1) is 12.7. The number of piperidine rings is 1. The number of nitrogens with zero attached hydrogens (tertiary/aromatic N) is 1. The van der Waals surface area contributed by atoms with E-state index in [-0.39, 0.29) is 12.0 Å². The van der Waals surface area contributed by atoms with E-state index in [1.165, 1.54) is 15.3 Å². The summed E-state index contributed by atoms with van der Waals surface area (Å²) in [6, 6.07) is 12.8. The molecule has 0 bridgehead atoms. The number of aryl methyl sites for hydroxylation is 1. The summed E-state index contributed by atoms with van der Waals surface area (Å²) >= 11 is 3.57. The van der Waals surface area contributed by atoms with Crippen molar-refractivity contribution in [2.75, 3.05) is 19.7 Å². The predicted molar refractivity (Wildman–Crippen MR) is 108 cm³/mol. The van der Waals surface area contributed by atoms with Crippen molar-refractivity contribution in [2.24, 2.45) is 0 Å². The largest absolute Gasteiger partial charge is 0.373 e. The molecule has 1 amide bonds. The second-order valence-corrected chi connectivity index (χ2v) is 9.62. The number of carbonyl (C=O) groups excluding carboxylic acids is 1. The van der Waals surface area contributed by atoms with Gasteiger partial charge in [0.15, 0.2) is 0 Å². The van der Waals surface area contributed by atoms with E-state index in [0.29, 0.717) is 5.25 Å². The highest BCUT2D eigenvalue weighted by atomic mass is 32.2. The van der Waals surface area contributed by atoms with Gasteiger partial charge in [0.1, 0.15) is 0 Å². The smallest absolute Gasteiger partial charge is 0.263 e. The van der Waals surface area contributed by atoms with Gasteiger partial charge in [-0.25, -0.2) is 0 Å². The third-order valence-electron chi connectivity index (χ3n) is 5.11. The van der Waals surface area contributed by atoms with Gasteiger partial charge in [-0.15, -0.1) is 23.1 Å². The maximum atomic E-state index is 12.8. The molecule has 3 heterocycles. The molecule has 0 spiro atoms. The zero-order valence-corrected chi connectivity index (χ0v) is 16.8. The summed E-state index contributed by atoms with van der Waals surface area (Å²) in [5.74, 6) is 0.193. The Balaban J connectivity index is 1.32. The molecule has 0 aliphatic carbocycles. The molecule has 5 heteroatoms. The van der Waals surface area contributed by atoms with Gasteiger partial charge < -0.3 is 9.64 Å². The standard InChI is InChI=1S/C21H25NO2S2/c1-15-4-2-5-17(14-15)25-16-9-11-22(12-10-16)21(23)20-8-7-19(26-20)18-6-3-13-24-18/h2,4-5,7-8,14,16,18H,3,6,9-13H2,1H3. The second-order valence-electron chi connectivity index (χ2n) is 7.13. The topological polar surface area (TPSA) is 29.5 Å². The van der Waals surface area contributed by atoms with Crippen LogP contribution in [0.25, 0.3) is 0 Å². The molecule has 2 aromatic rings. The molecule has 4 rings (SSSR count). The van der Waals surface area contributed by atoms with Crippen molar-refractivity contribution >= 4 is 29.0 Å². The van der Waals surface area contributed by atoms with Gasteiger partial charge in [0, 0.05) is 34.7 Å². The molecule has 26 heavy (non-hydrogen) atoms. The third-order valence-corrected chi connectivity index (χ3v) is 7.60. The van der Waals surface area contributed by atoms with Crippen LogP contribution in [0.1, 0.15) is 51.9 Å². The summed E-state index contributed by atoms with van der Waals surface area (Å²) < 4.78 is 5.74. The van der Waals surface area contributed by atoms with Crippen LogP contribution in [0.3, 0.4) is 0 Å². The van der Waals surface area contributed by atoms with Crippen molar-refractivity contribution in [3.63, 3.8) is 0 Å². The molecular formula is C21H25NO2S2. The summed E-state index contributed by atoms with van der Waals surface area (Å²) in [5.41, 5.74) is 1.31. The Morgan fingerprint density at radius 3 is 2.77 bits per heavy atom. The van der Waals surface area contributed by atoms with Crippen LogP contribution >= 0.6 is 23.1 Å². The highest BCUT2D eigenvalue weighted by Crippen LogP contribution is 2.35. The summed E-state index contributed by atoms with van der Waals surface area (Å²) in [5, 5.41) is 0.603. The second kappa shape index (κ2) is 8.15. The summed E-state index contributed by atoms with van der Waals surface area (Å²) in [6.07, 6.45) is 4.54. The molecule has 1 aromatic carbocycles. The molecule has 0 N–H and O–H groups in total. The molecular weight excluding hydrogens is 362 g/mol. The molecule has 138 valence electrons. The molecule has 0 radical (unpaired) electrons. The van der Waals surface area contributed by atoms with Crippen molar-refractivity contribution < 1.29 is 9.53 Å². The van der Waals surface area contributed by atoms with Crippen LogP contribution in [0.2, 0.25) is 0 Å². The van der Waals surface area contributed by atoms with E-state index in [9.17, 15) is 4.79 Å². The number of carbonyl (C=O) groups is 1. The first-order valence-corrected chi connectivity index (χ1v) is 11.1. The lowest BCUT2D eigenvalue weighted by Crippen LogP contribution is -2.39. The number of hydrogen-bond acceptors (Lipinski definition) is 4. The Morgan fingerprint density at radius 2 is 2.04 bits per heavy atom. The van der Waals surface area contributed by atoms with E-state index in [2.05, 4.69) is 37.3 Å². The van der Waals surface area contributed by atoms with Crippen molar-refractivity contribution in [1.82, 2.24) is 4.90 Å². The lowest BCUT2D eigenvalue weighted by atomic mass is 10.1. The minimum atomic E-state index is 0.193. The van der Waals surface area contributed by atoms with E-state index < -0.39 is 0 Å². The number of hydrogen-bond donors (Lipinski definition) is 0. The van der Waals surface area contributed by atoms with Crippen LogP contribution in [0.15, 0.2) is 41.3 Å². The highest BCUT2D eigenvalue weighted by Gasteiger charge is 2.26. The summed E-state index contributed by atoms with van der Waals surface area (Å²) in [6.45, 7) is 4.69. The number of ether oxygens (including phenoxy) is 1. The van der Waals surface area contributed by atoms with Crippen molar-refractivity contribution in [2.45, 2.75) is 48.9 Å². The Kier molecular flexibility index (Phi) is 5.67. The van der Waals surface area contributed by atoms with Gasteiger partial charge in [-0.3, -0.25) is 4.79 Å². The minimum absolute atomic E-state index is 0.193. The molecule has 1 atom stereocenters. The number of benzene rings is 1. The SMILES string of the molecule is Cc1cccc(SC2CCN(C(=O)c3ccc(C4CCCO4)s3)CC2)c1. The fourth-order valence-electron chi connectivity index (χ4n) is 3.66. The number of thiophene rings is 1. The maximum Gasteiger partial charge on any atom is 0.263 e. The Bertz CT molecular complexity index is 759. The minimum Gasteiger partial charge on any atom is -0.373 e. The average molecular weight is 388 g/mol. The number of thioether (sulfide) groups is 1. The van der Waals surface area contributed by atoms with Crippen molar-refractivity contribution in [1.29, 1.82) is 0 Å². The number of rotatable bonds is 4. The zero-order chi connectivity index (χ0) is 17.9. The van der Waals surface area contributed by atoms with Crippen LogP contribution < -0.4 is 0 Å². The molecule has 2 fully saturated rings. The fraction of sp³-hybridized carbons (Fsp3) is 0.476. The van der Waals surface area contributed by atoms with Crippen LogP contribution in [-0.2, 0) is 4.74 Å².